The summed E-state index contributed by atoms with van der Waals surface area (Å²) in [6, 6.07) is 5.90. The highest BCUT2D eigenvalue weighted by Gasteiger charge is 2.23. The summed E-state index contributed by atoms with van der Waals surface area (Å²) in [4.78, 5) is 30.6. The molecule has 2 heterocycles. The number of carbonyl (C=O) groups is 2. The fourth-order valence-electron chi connectivity index (χ4n) is 3.51. The van der Waals surface area contributed by atoms with Crippen LogP contribution in [0.3, 0.4) is 0 Å². The van der Waals surface area contributed by atoms with Gasteiger partial charge in [0, 0.05) is 45.0 Å². The van der Waals surface area contributed by atoms with E-state index in [9.17, 15) is 14.0 Å². The first kappa shape index (κ1) is 18.8. The first-order valence-electron chi connectivity index (χ1n) is 9.38. The predicted molar refractivity (Wildman–Crippen MR) is 98.3 cm³/mol. The van der Waals surface area contributed by atoms with Crippen molar-refractivity contribution < 1.29 is 14.0 Å². The molecule has 142 valence electrons. The molecule has 6 nitrogen and oxygen atoms in total. The van der Waals surface area contributed by atoms with Gasteiger partial charge in [-0.2, -0.15) is 0 Å². The third-order valence-corrected chi connectivity index (χ3v) is 5.01. The van der Waals surface area contributed by atoms with Crippen LogP contribution in [0, 0.1) is 5.82 Å². The topological polar surface area (TPSA) is 55.9 Å². The van der Waals surface area contributed by atoms with Crippen molar-refractivity contribution in [1.82, 2.24) is 14.7 Å². The van der Waals surface area contributed by atoms with Gasteiger partial charge in [0.2, 0.25) is 11.8 Å². The maximum atomic E-state index is 13.2. The van der Waals surface area contributed by atoms with Crippen LogP contribution in [0.4, 0.5) is 10.1 Å². The molecule has 2 amide bonds. The summed E-state index contributed by atoms with van der Waals surface area (Å²) < 4.78 is 13.2. The summed E-state index contributed by atoms with van der Waals surface area (Å²) >= 11 is 0. The van der Waals surface area contributed by atoms with E-state index in [4.69, 9.17) is 0 Å². The largest absolute Gasteiger partial charge is 0.342 e. The first-order chi connectivity index (χ1) is 12.6. The number of piperazine rings is 1. The summed E-state index contributed by atoms with van der Waals surface area (Å²) in [6.45, 7) is 5.61. The van der Waals surface area contributed by atoms with E-state index in [0.717, 1.165) is 52.1 Å². The summed E-state index contributed by atoms with van der Waals surface area (Å²) in [7, 11) is 0. The van der Waals surface area contributed by atoms with Crippen LogP contribution in [0.5, 0.6) is 0 Å². The Hall–Kier alpha value is -1.99. The van der Waals surface area contributed by atoms with Crippen LogP contribution in [0.1, 0.15) is 19.3 Å². The van der Waals surface area contributed by atoms with Gasteiger partial charge in [0.15, 0.2) is 0 Å². The van der Waals surface area contributed by atoms with Gasteiger partial charge in [-0.25, -0.2) is 4.39 Å². The van der Waals surface area contributed by atoms with Crippen molar-refractivity contribution in [2.24, 2.45) is 0 Å². The standard InChI is InChI=1S/C19H27FN4O2/c20-16-5-4-6-17(13-16)21-18(25)14-22-9-11-23(12-10-22)15-19(26)24-7-2-1-3-8-24/h4-6,13H,1-3,7-12,14-15H2,(H,21,25). The van der Waals surface area contributed by atoms with Gasteiger partial charge in [0.1, 0.15) is 5.82 Å². The number of anilines is 1. The molecule has 0 spiro atoms. The van der Waals surface area contributed by atoms with E-state index in [-0.39, 0.29) is 24.2 Å². The van der Waals surface area contributed by atoms with Gasteiger partial charge in [-0.15, -0.1) is 0 Å². The zero-order chi connectivity index (χ0) is 18.4. The second-order valence-corrected chi connectivity index (χ2v) is 7.05. The Morgan fingerprint density at radius 1 is 0.923 bits per heavy atom. The zero-order valence-electron chi connectivity index (χ0n) is 15.1. The lowest BCUT2D eigenvalue weighted by molar-refractivity contribution is -0.134. The molecule has 0 aliphatic carbocycles. The van der Waals surface area contributed by atoms with Crippen molar-refractivity contribution in [3.8, 4) is 0 Å². The van der Waals surface area contributed by atoms with Crippen molar-refractivity contribution >= 4 is 17.5 Å². The van der Waals surface area contributed by atoms with Gasteiger partial charge in [-0.3, -0.25) is 19.4 Å². The Morgan fingerprint density at radius 2 is 1.58 bits per heavy atom. The predicted octanol–water partition coefficient (Wildman–Crippen LogP) is 1.39. The fourth-order valence-corrected chi connectivity index (χ4v) is 3.51. The van der Waals surface area contributed by atoms with Crippen molar-refractivity contribution in [1.29, 1.82) is 0 Å². The quantitative estimate of drug-likeness (QED) is 0.860. The third-order valence-electron chi connectivity index (χ3n) is 5.01. The lowest BCUT2D eigenvalue weighted by Gasteiger charge is -2.35. The number of amides is 2. The third kappa shape index (κ3) is 5.51. The first-order valence-corrected chi connectivity index (χ1v) is 9.38. The van der Waals surface area contributed by atoms with Crippen LogP contribution in [-0.4, -0.2) is 78.9 Å². The number of carbonyl (C=O) groups excluding carboxylic acids is 2. The number of nitrogens with zero attached hydrogens (tertiary/aromatic N) is 3. The Labute approximate surface area is 153 Å². The maximum absolute atomic E-state index is 13.2. The lowest BCUT2D eigenvalue weighted by Crippen LogP contribution is -2.51. The average molecular weight is 362 g/mol. The Morgan fingerprint density at radius 3 is 2.23 bits per heavy atom. The highest BCUT2D eigenvalue weighted by atomic mass is 19.1. The van der Waals surface area contributed by atoms with Crippen LogP contribution in [-0.2, 0) is 9.59 Å². The van der Waals surface area contributed by atoms with Crippen molar-refractivity contribution in [3.05, 3.63) is 30.1 Å². The molecular weight excluding hydrogens is 335 g/mol. The van der Waals surface area contributed by atoms with Gasteiger partial charge in [-0.05, 0) is 37.5 Å². The summed E-state index contributed by atoms with van der Waals surface area (Å²) in [5.41, 5.74) is 0.473. The molecular formula is C19H27FN4O2. The van der Waals surface area contributed by atoms with Crippen LogP contribution >= 0.6 is 0 Å². The molecule has 2 aliphatic heterocycles. The van der Waals surface area contributed by atoms with Crippen LogP contribution < -0.4 is 5.32 Å². The smallest absolute Gasteiger partial charge is 0.238 e. The van der Waals surface area contributed by atoms with Gasteiger partial charge in [0.25, 0.3) is 0 Å². The average Bonchev–Trinajstić information content (AvgIpc) is 2.64. The molecule has 1 aromatic rings. The normalized spacial score (nSPS) is 19.3. The Balaban J connectivity index is 1.38. The number of benzene rings is 1. The summed E-state index contributed by atoms with van der Waals surface area (Å²) in [5.74, 6) is -0.287. The van der Waals surface area contributed by atoms with Gasteiger partial charge in [0.05, 0.1) is 13.1 Å². The van der Waals surface area contributed by atoms with Gasteiger partial charge in [-0.1, -0.05) is 6.07 Å². The van der Waals surface area contributed by atoms with Crippen molar-refractivity contribution in [2.75, 3.05) is 57.7 Å². The lowest BCUT2D eigenvalue weighted by atomic mass is 10.1. The number of piperidine rings is 1. The highest BCUT2D eigenvalue weighted by molar-refractivity contribution is 5.92. The number of hydrogen-bond donors (Lipinski definition) is 1. The molecule has 0 bridgehead atoms. The van der Waals surface area contributed by atoms with Crippen LogP contribution in [0.25, 0.3) is 0 Å². The second kappa shape index (κ2) is 9.09. The second-order valence-electron chi connectivity index (χ2n) is 7.05. The molecule has 2 fully saturated rings. The molecule has 3 rings (SSSR count). The van der Waals surface area contributed by atoms with Crippen molar-refractivity contribution in [3.63, 3.8) is 0 Å². The van der Waals surface area contributed by atoms with Crippen molar-refractivity contribution in [2.45, 2.75) is 19.3 Å². The van der Waals surface area contributed by atoms with Gasteiger partial charge >= 0.3 is 0 Å². The number of halogens is 1. The molecule has 1 N–H and O–H groups in total. The minimum atomic E-state index is -0.366. The molecule has 1 aromatic carbocycles. The molecule has 0 aromatic heterocycles. The highest BCUT2D eigenvalue weighted by Crippen LogP contribution is 2.11. The molecule has 0 radical (unpaired) electrons. The Kier molecular flexibility index (Phi) is 6.57. The molecule has 0 saturated carbocycles. The van der Waals surface area contributed by atoms with E-state index in [1.54, 1.807) is 12.1 Å². The van der Waals surface area contributed by atoms with E-state index < -0.39 is 0 Å². The monoisotopic (exact) mass is 362 g/mol. The van der Waals surface area contributed by atoms with E-state index in [0.29, 0.717) is 12.2 Å². The molecule has 0 unspecified atom stereocenters. The van der Waals surface area contributed by atoms with E-state index in [2.05, 4.69) is 15.1 Å². The van der Waals surface area contributed by atoms with E-state index in [1.807, 2.05) is 4.90 Å². The molecule has 0 atom stereocenters. The summed E-state index contributed by atoms with van der Waals surface area (Å²) in [6.07, 6.45) is 3.44. The fraction of sp³-hybridized carbons (Fsp3) is 0.579. The van der Waals surface area contributed by atoms with Gasteiger partial charge < -0.3 is 10.2 Å². The molecule has 7 heteroatoms. The van der Waals surface area contributed by atoms with E-state index >= 15 is 0 Å². The minimum absolute atomic E-state index is 0.145. The SMILES string of the molecule is O=C(CN1CCN(CC(=O)N2CCCCC2)CC1)Nc1cccc(F)c1. The minimum Gasteiger partial charge on any atom is -0.342 e. The zero-order valence-corrected chi connectivity index (χ0v) is 15.1. The molecule has 2 saturated heterocycles. The summed E-state index contributed by atoms with van der Waals surface area (Å²) in [5, 5.41) is 2.72. The number of rotatable bonds is 5. The maximum Gasteiger partial charge on any atom is 0.238 e. The van der Waals surface area contributed by atoms with Crippen LogP contribution in [0.2, 0.25) is 0 Å². The van der Waals surface area contributed by atoms with E-state index in [1.165, 1.54) is 18.6 Å². The number of hydrogen-bond acceptors (Lipinski definition) is 4. The molecule has 2 aliphatic rings. The number of likely N-dealkylation sites (tertiary alicyclic amines) is 1. The van der Waals surface area contributed by atoms with Crippen LogP contribution in [0.15, 0.2) is 24.3 Å². The number of nitrogens with one attached hydrogen (secondary N) is 1. The Bertz CT molecular complexity index is 626. The molecule has 26 heavy (non-hydrogen) atoms.